The maximum absolute atomic E-state index is 13.0. The molecule has 4 N–H and O–H groups in total. The van der Waals surface area contributed by atoms with E-state index in [0.717, 1.165) is 0 Å². The number of carbonyl (C=O) groups excluding carboxylic acids is 1. The number of anilines is 2. The third kappa shape index (κ3) is 8.94. The summed E-state index contributed by atoms with van der Waals surface area (Å²) < 4.78 is 38.6. The number of carbonyl (C=O) groups is 1. The van der Waals surface area contributed by atoms with Crippen LogP contribution in [-0.2, 0) is 14.8 Å². The second-order valence-corrected chi connectivity index (χ2v) is 11.4. The van der Waals surface area contributed by atoms with Gasteiger partial charge in [0, 0.05) is 28.8 Å². The fraction of sp³-hybridized carbons (Fsp3) is 0.121. The van der Waals surface area contributed by atoms with E-state index in [-0.39, 0.29) is 39.6 Å². The molecule has 0 amide bonds. The quantitative estimate of drug-likeness (QED) is 0.115. The van der Waals surface area contributed by atoms with Crippen molar-refractivity contribution in [3.8, 4) is 23.0 Å². The highest BCUT2D eigenvalue weighted by atomic mass is 32.2. The van der Waals surface area contributed by atoms with Crippen molar-refractivity contribution in [2.45, 2.75) is 18.7 Å². The van der Waals surface area contributed by atoms with E-state index >= 15 is 0 Å². The van der Waals surface area contributed by atoms with Gasteiger partial charge in [-0.2, -0.15) is 0 Å². The van der Waals surface area contributed by atoms with Gasteiger partial charge in [0.2, 0.25) is 5.95 Å². The summed E-state index contributed by atoms with van der Waals surface area (Å²) in [6.45, 7) is 3.49. The summed E-state index contributed by atoms with van der Waals surface area (Å²) >= 11 is 0. The first kappa shape index (κ1) is 32.3. The minimum absolute atomic E-state index is 0.00333. The van der Waals surface area contributed by atoms with Crippen LogP contribution in [0.25, 0.3) is 12.2 Å². The minimum atomic E-state index is -3.96. The van der Waals surface area contributed by atoms with Crippen LogP contribution in [0, 0.1) is 13.8 Å². The Labute approximate surface area is 261 Å². The number of ether oxygens (including phenoxy) is 2. The zero-order valence-electron chi connectivity index (χ0n) is 25.0. The number of aromatic hydroxyl groups is 2. The Hall–Kier alpha value is -5.62. The smallest absolute Gasteiger partial charge is 0.264 e. The maximum Gasteiger partial charge on any atom is 0.264 e. The van der Waals surface area contributed by atoms with Crippen molar-refractivity contribution in [2.75, 3.05) is 24.3 Å². The number of methoxy groups -OCH3 is 2. The monoisotopic (exact) mass is 628 g/mol. The summed E-state index contributed by atoms with van der Waals surface area (Å²) in [5, 5.41) is 22.9. The molecule has 0 saturated carbocycles. The summed E-state index contributed by atoms with van der Waals surface area (Å²) in [4.78, 5) is 21.2. The first-order valence-corrected chi connectivity index (χ1v) is 15.0. The molecule has 0 unspecified atom stereocenters. The summed E-state index contributed by atoms with van der Waals surface area (Å²) in [5.74, 6) is 0.162. The van der Waals surface area contributed by atoms with Gasteiger partial charge in [0.25, 0.3) is 10.0 Å². The van der Waals surface area contributed by atoms with Crippen LogP contribution in [0.5, 0.6) is 23.0 Å². The Morgan fingerprint density at radius 2 is 1.31 bits per heavy atom. The van der Waals surface area contributed by atoms with Crippen molar-refractivity contribution < 1.29 is 32.9 Å². The normalized spacial score (nSPS) is 12.0. The van der Waals surface area contributed by atoms with Crippen LogP contribution in [0.1, 0.15) is 22.5 Å². The Bertz CT molecular complexity index is 1880. The number of sulfonamides is 1. The zero-order valence-corrected chi connectivity index (χ0v) is 25.8. The molecule has 0 atom stereocenters. The molecule has 0 aliphatic rings. The van der Waals surface area contributed by atoms with Gasteiger partial charge >= 0.3 is 0 Å². The van der Waals surface area contributed by atoms with E-state index in [4.69, 9.17) is 9.47 Å². The van der Waals surface area contributed by atoms with Gasteiger partial charge in [0.1, 0.15) is 0 Å². The molecule has 0 aliphatic carbocycles. The molecule has 0 radical (unpaired) electrons. The van der Waals surface area contributed by atoms with Crippen molar-refractivity contribution in [3.63, 3.8) is 0 Å². The Morgan fingerprint density at radius 1 is 0.778 bits per heavy atom. The topological polar surface area (TPSA) is 160 Å². The first-order valence-electron chi connectivity index (χ1n) is 13.5. The number of hydrogen-bond donors (Lipinski definition) is 4. The SMILES string of the molecule is COc1cc(/C=C/C(=O)C=C(/C=C/c2ccc(O)c(OC)c2)Nc2ccc(S(=O)(=O)Nc3nc(C)cc(C)n3)cc2)ccc1O. The van der Waals surface area contributed by atoms with Gasteiger partial charge in [-0.3, -0.25) is 4.79 Å². The van der Waals surface area contributed by atoms with Crippen molar-refractivity contribution in [2.24, 2.45) is 0 Å². The van der Waals surface area contributed by atoms with Crippen LogP contribution >= 0.6 is 0 Å². The van der Waals surface area contributed by atoms with Gasteiger partial charge in [0.15, 0.2) is 28.8 Å². The number of hydrogen-bond acceptors (Lipinski definition) is 10. The number of aromatic nitrogens is 2. The molecular formula is C33H32N4O7S. The average Bonchev–Trinajstić information content (AvgIpc) is 2.99. The van der Waals surface area contributed by atoms with Crippen molar-refractivity contribution in [1.29, 1.82) is 0 Å². The highest BCUT2D eigenvalue weighted by Gasteiger charge is 2.16. The molecule has 3 aromatic carbocycles. The number of phenols is 2. The molecule has 0 bridgehead atoms. The number of phenolic OH excluding ortho intramolecular Hbond substituents is 2. The molecule has 0 aliphatic heterocycles. The van der Waals surface area contributed by atoms with Crippen LogP contribution < -0.4 is 19.5 Å². The second kappa shape index (κ2) is 14.2. The number of rotatable bonds is 12. The van der Waals surface area contributed by atoms with Crippen molar-refractivity contribution >= 4 is 39.6 Å². The Balaban J connectivity index is 1.58. The molecule has 0 spiro atoms. The Morgan fingerprint density at radius 3 is 1.84 bits per heavy atom. The third-order valence-electron chi connectivity index (χ3n) is 6.26. The van der Waals surface area contributed by atoms with E-state index in [2.05, 4.69) is 20.0 Å². The number of aryl methyl sites for hydroxylation is 2. The number of nitrogens with zero attached hydrogens (tertiary/aromatic N) is 2. The number of nitrogens with one attached hydrogen (secondary N) is 2. The molecule has 0 fully saturated rings. The number of ketones is 1. The molecule has 1 aromatic heterocycles. The predicted octanol–water partition coefficient (Wildman–Crippen LogP) is 5.61. The molecule has 11 nitrogen and oxygen atoms in total. The largest absolute Gasteiger partial charge is 0.504 e. The standard InChI is InChI=1S/C33H32N4O7S/c1-21-17-22(2)35-33(34-21)37-45(41,42)28-13-10-25(11-14-28)36-26(9-5-23-7-15-29(39)31(18-23)43-3)20-27(38)12-6-24-8-16-30(40)32(19-24)44-4/h5-20,36,39-40H,1-4H3,(H,34,35,37)/b9-5+,12-6+,26-20?. The molecule has 0 saturated heterocycles. The maximum atomic E-state index is 13.0. The highest BCUT2D eigenvalue weighted by Crippen LogP contribution is 2.28. The lowest BCUT2D eigenvalue weighted by Gasteiger charge is -2.11. The summed E-state index contributed by atoms with van der Waals surface area (Å²) in [6.07, 6.45) is 7.69. The van der Waals surface area contributed by atoms with E-state index in [0.29, 0.717) is 33.9 Å². The summed E-state index contributed by atoms with van der Waals surface area (Å²) in [7, 11) is -1.08. The zero-order chi connectivity index (χ0) is 32.6. The van der Waals surface area contributed by atoms with Crippen molar-refractivity contribution in [1.82, 2.24) is 9.97 Å². The first-order chi connectivity index (χ1) is 21.4. The van der Waals surface area contributed by atoms with Crippen molar-refractivity contribution in [3.05, 3.63) is 113 Å². The van der Waals surface area contributed by atoms with E-state index in [1.165, 1.54) is 50.6 Å². The average molecular weight is 629 g/mol. The Kier molecular flexibility index (Phi) is 10.2. The molecule has 4 rings (SSSR count). The lowest BCUT2D eigenvalue weighted by atomic mass is 10.1. The highest BCUT2D eigenvalue weighted by molar-refractivity contribution is 7.92. The predicted molar refractivity (Wildman–Crippen MR) is 173 cm³/mol. The van der Waals surface area contributed by atoms with Gasteiger partial charge in [-0.05, 0) is 91.7 Å². The summed E-state index contributed by atoms with van der Waals surface area (Å²) in [6, 6.07) is 17.2. The van der Waals surface area contributed by atoms with E-state index < -0.39 is 10.0 Å². The molecule has 1 heterocycles. The molecule has 45 heavy (non-hydrogen) atoms. The number of benzene rings is 3. The summed E-state index contributed by atoms with van der Waals surface area (Å²) in [5.41, 5.74) is 3.49. The lowest BCUT2D eigenvalue weighted by Crippen LogP contribution is -2.15. The molecule has 4 aromatic rings. The minimum Gasteiger partial charge on any atom is -0.504 e. The second-order valence-electron chi connectivity index (χ2n) is 9.76. The van der Waals surface area contributed by atoms with Gasteiger partial charge in [-0.25, -0.2) is 23.1 Å². The molecular weight excluding hydrogens is 596 g/mol. The lowest BCUT2D eigenvalue weighted by molar-refractivity contribution is -0.110. The molecule has 232 valence electrons. The number of allylic oxidation sites excluding steroid dienone is 3. The fourth-order valence-electron chi connectivity index (χ4n) is 4.12. The van der Waals surface area contributed by atoms with Gasteiger partial charge in [-0.1, -0.05) is 24.3 Å². The van der Waals surface area contributed by atoms with Gasteiger partial charge in [0.05, 0.1) is 19.1 Å². The van der Waals surface area contributed by atoms with Gasteiger partial charge in [-0.15, -0.1) is 0 Å². The van der Waals surface area contributed by atoms with E-state index in [1.807, 2.05) is 0 Å². The third-order valence-corrected chi connectivity index (χ3v) is 7.61. The van der Waals surface area contributed by atoms with E-state index in [9.17, 15) is 23.4 Å². The fourth-order valence-corrected chi connectivity index (χ4v) is 5.07. The van der Waals surface area contributed by atoms with Crippen LogP contribution in [0.3, 0.4) is 0 Å². The van der Waals surface area contributed by atoms with Crippen LogP contribution in [0.2, 0.25) is 0 Å². The van der Waals surface area contributed by atoms with E-state index in [1.54, 1.807) is 74.5 Å². The van der Waals surface area contributed by atoms with Crippen LogP contribution in [0.15, 0.2) is 95.6 Å². The van der Waals surface area contributed by atoms with Gasteiger partial charge < -0.3 is 25.0 Å². The van der Waals surface area contributed by atoms with Crippen LogP contribution in [0.4, 0.5) is 11.6 Å². The molecule has 12 heteroatoms. The van der Waals surface area contributed by atoms with Crippen LogP contribution in [-0.4, -0.2) is 48.6 Å².